The van der Waals surface area contributed by atoms with Crippen LogP contribution in [0.2, 0.25) is 0 Å². The standard InChI is InChI=1S/C23H32F2N4O4S/c1-16-7-8-20(34(32,33)29-14-4-6-19(29)22(30)31)21-27-18(15-28(16)21)5-2-3-13-26-17-9-11-23(24,25)12-10-17/h7-8,15,17,19,26H,2-6,9-14H2,1H3,(H,30,31)/t19-/m0/s1. The average Bonchev–Trinajstić information content (AvgIpc) is 3.43. The number of nitrogens with one attached hydrogen (secondary N) is 1. The van der Waals surface area contributed by atoms with E-state index in [9.17, 15) is 27.1 Å². The SMILES string of the molecule is Cc1ccc(S(=O)(=O)N2CCC[C@H]2C(=O)O)c2nc(CCCCNC3CCC(F)(F)CC3)cn12. The highest BCUT2D eigenvalue weighted by atomic mass is 32.2. The van der Waals surface area contributed by atoms with Crippen molar-refractivity contribution in [1.82, 2.24) is 19.0 Å². The molecule has 0 unspecified atom stereocenters. The largest absolute Gasteiger partial charge is 0.480 e. The van der Waals surface area contributed by atoms with E-state index in [1.165, 1.54) is 6.07 Å². The van der Waals surface area contributed by atoms with E-state index in [0.717, 1.165) is 35.1 Å². The van der Waals surface area contributed by atoms with Crippen LogP contribution in [0.3, 0.4) is 0 Å². The van der Waals surface area contributed by atoms with Crippen LogP contribution in [-0.2, 0) is 21.2 Å². The number of fused-ring (bicyclic) bond motifs is 1. The number of sulfonamides is 1. The van der Waals surface area contributed by atoms with Crippen molar-refractivity contribution >= 4 is 21.6 Å². The molecule has 1 aliphatic carbocycles. The maximum Gasteiger partial charge on any atom is 0.322 e. The highest BCUT2D eigenvalue weighted by Crippen LogP contribution is 2.33. The highest BCUT2D eigenvalue weighted by Gasteiger charge is 2.40. The number of aryl methyl sites for hydroxylation is 2. The summed E-state index contributed by atoms with van der Waals surface area (Å²) in [6.07, 6.45) is 5.87. The Morgan fingerprint density at radius 3 is 2.68 bits per heavy atom. The van der Waals surface area contributed by atoms with Gasteiger partial charge in [-0.3, -0.25) is 4.79 Å². The van der Waals surface area contributed by atoms with Gasteiger partial charge in [0.25, 0.3) is 0 Å². The number of alkyl halides is 2. The van der Waals surface area contributed by atoms with E-state index in [2.05, 4.69) is 10.3 Å². The Morgan fingerprint density at radius 2 is 1.97 bits per heavy atom. The number of imidazole rings is 1. The molecule has 2 aromatic rings. The van der Waals surface area contributed by atoms with Gasteiger partial charge in [0.1, 0.15) is 10.9 Å². The van der Waals surface area contributed by atoms with Crippen molar-refractivity contribution in [3.8, 4) is 0 Å². The number of aliphatic carboxylic acids is 1. The van der Waals surface area contributed by atoms with E-state index >= 15 is 0 Å². The lowest BCUT2D eigenvalue weighted by molar-refractivity contribution is -0.140. The van der Waals surface area contributed by atoms with Gasteiger partial charge in [0.15, 0.2) is 5.65 Å². The molecule has 0 radical (unpaired) electrons. The van der Waals surface area contributed by atoms with Gasteiger partial charge in [0, 0.05) is 37.3 Å². The summed E-state index contributed by atoms with van der Waals surface area (Å²) in [6.45, 7) is 2.79. The van der Waals surface area contributed by atoms with Crippen LogP contribution in [0.25, 0.3) is 5.65 Å². The number of halogens is 2. The summed E-state index contributed by atoms with van der Waals surface area (Å²) < 4.78 is 56.0. The zero-order chi connectivity index (χ0) is 24.5. The fourth-order valence-corrected chi connectivity index (χ4v) is 6.69. The summed E-state index contributed by atoms with van der Waals surface area (Å²) in [6, 6.07) is 2.30. The van der Waals surface area contributed by atoms with Crippen LogP contribution in [-0.4, -0.2) is 64.3 Å². The van der Waals surface area contributed by atoms with Gasteiger partial charge >= 0.3 is 5.97 Å². The average molecular weight is 499 g/mol. The summed E-state index contributed by atoms with van der Waals surface area (Å²) in [7, 11) is -4.01. The molecule has 0 aromatic carbocycles. The van der Waals surface area contributed by atoms with Crippen LogP contribution in [0, 0.1) is 6.92 Å². The van der Waals surface area contributed by atoms with Crippen LogP contribution < -0.4 is 5.32 Å². The summed E-state index contributed by atoms with van der Waals surface area (Å²) in [5, 5.41) is 12.8. The van der Waals surface area contributed by atoms with E-state index in [1.54, 1.807) is 10.5 Å². The summed E-state index contributed by atoms with van der Waals surface area (Å²) in [4.78, 5) is 16.2. The van der Waals surface area contributed by atoms with Crippen LogP contribution >= 0.6 is 0 Å². The Balaban J connectivity index is 1.40. The molecule has 1 saturated heterocycles. The van der Waals surface area contributed by atoms with Crippen molar-refractivity contribution in [2.24, 2.45) is 0 Å². The zero-order valence-electron chi connectivity index (χ0n) is 19.3. The van der Waals surface area contributed by atoms with Crippen molar-refractivity contribution in [2.75, 3.05) is 13.1 Å². The molecule has 2 aliphatic rings. The third kappa shape index (κ3) is 5.26. The maximum atomic E-state index is 13.3. The maximum absolute atomic E-state index is 13.3. The van der Waals surface area contributed by atoms with Crippen LogP contribution in [0.5, 0.6) is 0 Å². The number of rotatable bonds is 9. The number of pyridine rings is 1. The molecule has 2 N–H and O–H groups in total. The monoisotopic (exact) mass is 498 g/mol. The van der Waals surface area contributed by atoms with Crippen LogP contribution in [0.1, 0.15) is 62.8 Å². The van der Waals surface area contributed by atoms with E-state index in [1.807, 2.05) is 13.1 Å². The molecule has 0 bridgehead atoms. The number of carboxylic acid groups (broad SMARTS) is 1. The molecule has 3 heterocycles. The molecule has 1 atom stereocenters. The van der Waals surface area contributed by atoms with Crippen LogP contribution in [0.4, 0.5) is 8.78 Å². The molecule has 0 spiro atoms. The van der Waals surface area contributed by atoms with Gasteiger partial charge < -0.3 is 14.8 Å². The Labute approximate surface area is 198 Å². The van der Waals surface area contributed by atoms with E-state index in [0.29, 0.717) is 37.8 Å². The molecule has 11 heteroatoms. The first kappa shape index (κ1) is 25.0. The van der Waals surface area contributed by atoms with Gasteiger partial charge in [-0.2, -0.15) is 4.31 Å². The zero-order valence-corrected chi connectivity index (χ0v) is 20.2. The second-order valence-corrected chi connectivity index (χ2v) is 11.3. The fourth-order valence-electron chi connectivity index (χ4n) is 4.93. The molecular weight excluding hydrogens is 466 g/mol. The molecule has 188 valence electrons. The van der Waals surface area contributed by atoms with Crippen LogP contribution in [0.15, 0.2) is 23.2 Å². The number of hydrogen-bond acceptors (Lipinski definition) is 5. The second-order valence-electron chi connectivity index (χ2n) is 9.42. The topological polar surface area (TPSA) is 104 Å². The first-order valence-corrected chi connectivity index (χ1v) is 13.4. The number of nitrogens with zero attached hydrogens (tertiary/aromatic N) is 3. The predicted octanol–water partition coefficient (Wildman–Crippen LogP) is 3.37. The number of carboxylic acids is 1. The van der Waals surface area contributed by atoms with Crippen molar-refractivity contribution in [2.45, 2.75) is 87.6 Å². The minimum Gasteiger partial charge on any atom is -0.480 e. The molecule has 0 amide bonds. The molecule has 8 nitrogen and oxygen atoms in total. The number of unbranched alkanes of at least 4 members (excludes halogenated alkanes) is 1. The van der Waals surface area contributed by atoms with Gasteiger partial charge in [-0.1, -0.05) is 0 Å². The van der Waals surface area contributed by atoms with Gasteiger partial charge in [0.05, 0.1) is 5.69 Å². The number of carbonyl (C=O) groups is 1. The third-order valence-electron chi connectivity index (χ3n) is 6.92. The van der Waals surface area contributed by atoms with E-state index in [-0.39, 0.29) is 30.3 Å². The fraction of sp³-hybridized carbons (Fsp3) is 0.652. The minimum atomic E-state index is -4.01. The van der Waals surface area contributed by atoms with Crippen molar-refractivity contribution in [3.63, 3.8) is 0 Å². The van der Waals surface area contributed by atoms with Crippen molar-refractivity contribution in [1.29, 1.82) is 0 Å². The van der Waals surface area contributed by atoms with Crippen molar-refractivity contribution < 1.29 is 27.1 Å². The van der Waals surface area contributed by atoms with E-state index in [4.69, 9.17) is 0 Å². The first-order valence-electron chi connectivity index (χ1n) is 11.9. The molecule has 1 aliphatic heterocycles. The summed E-state index contributed by atoms with van der Waals surface area (Å²) >= 11 is 0. The summed E-state index contributed by atoms with van der Waals surface area (Å²) in [5.41, 5.74) is 1.91. The second kappa shape index (κ2) is 9.87. The Hall–Kier alpha value is -2.11. The van der Waals surface area contributed by atoms with Gasteiger partial charge in [0.2, 0.25) is 15.9 Å². The molecule has 2 aromatic heterocycles. The molecular formula is C23H32F2N4O4S. The lowest BCUT2D eigenvalue weighted by atomic mass is 9.92. The lowest BCUT2D eigenvalue weighted by Gasteiger charge is -2.28. The Morgan fingerprint density at radius 1 is 1.24 bits per heavy atom. The quantitative estimate of drug-likeness (QED) is 0.514. The van der Waals surface area contributed by atoms with E-state index < -0.39 is 28.0 Å². The minimum absolute atomic E-state index is 0.0215. The lowest BCUT2D eigenvalue weighted by Crippen LogP contribution is -2.40. The normalized spacial score (nSPS) is 21.9. The molecule has 1 saturated carbocycles. The smallest absolute Gasteiger partial charge is 0.322 e. The summed E-state index contributed by atoms with van der Waals surface area (Å²) in [5.74, 6) is -3.65. The van der Waals surface area contributed by atoms with Gasteiger partial charge in [-0.15, -0.1) is 0 Å². The highest BCUT2D eigenvalue weighted by molar-refractivity contribution is 7.89. The number of aromatic nitrogens is 2. The predicted molar refractivity (Wildman–Crippen MR) is 123 cm³/mol. The van der Waals surface area contributed by atoms with Crippen molar-refractivity contribution in [3.05, 3.63) is 29.7 Å². The Kier molecular flexibility index (Phi) is 7.25. The Bertz CT molecular complexity index is 1140. The molecule has 34 heavy (non-hydrogen) atoms. The third-order valence-corrected chi connectivity index (χ3v) is 8.85. The van der Waals surface area contributed by atoms with Gasteiger partial charge in [-0.25, -0.2) is 22.2 Å². The first-order chi connectivity index (χ1) is 16.1. The molecule has 4 rings (SSSR count). The molecule has 2 fully saturated rings. The number of hydrogen-bond donors (Lipinski definition) is 2. The van der Waals surface area contributed by atoms with Gasteiger partial charge in [-0.05, 0) is 70.5 Å².